The first-order valence-corrected chi connectivity index (χ1v) is 10.0. The maximum atomic E-state index is 12.8. The third kappa shape index (κ3) is 6.06. The summed E-state index contributed by atoms with van der Waals surface area (Å²) >= 11 is 0. The number of rotatable bonds is 9. The van der Waals surface area contributed by atoms with E-state index in [4.69, 9.17) is 4.74 Å². The van der Waals surface area contributed by atoms with E-state index in [1.807, 2.05) is 73.6 Å². The summed E-state index contributed by atoms with van der Waals surface area (Å²) in [6.45, 7) is 2.74. The van der Waals surface area contributed by atoms with E-state index in [2.05, 4.69) is 4.90 Å². The number of anilines is 1. The van der Waals surface area contributed by atoms with Gasteiger partial charge in [0.05, 0.1) is 0 Å². The number of hydrogen-bond donors (Lipinski definition) is 0. The fourth-order valence-corrected chi connectivity index (χ4v) is 3.30. The molecule has 0 aliphatic carbocycles. The van der Waals surface area contributed by atoms with Crippen molar-refractivity contribution in [2.75, 3.05) is 45.2 Å². The molecule has 3 rings (SSSR count). The van der Waals surface area contributed by atoms with Crippen LogP contribution in [0.5, 0.6) is 5.75 Å². The van der Waals surface area contributed by atoms with Crippen molar-refractivity contribution in [2.24, 2.45) is 0 Å². The van der Waals surface area contributed by atoms with Gasteiger partial charge < -0.3 is 19.4 Å². The van der Waals surface area contributed by atoms with E-state index in [9.17, 15) is 9.59 Å². The maximum absolute atomic E-state index is 12.8. The molecule has 154 valence electrons. The van der Waals surface area contributed by atoms with Crippen molar-refractivity contribution in [2.45, 2.75) is 19.4 Å². The average Bonchev–Trinajstić information content (AvgIpc) is 3.16. The second kappa shape index (κ2) is 10.1. The van der Waals surface area contributed by atoms with Crippen molar-refractivity contribution in [3.8, 4) is 5.75 Å². The molecule has 29 heavy (non-hydrogen) atoms. The van der Waals surface area contributed by atoms with E-state index in [0.717, 1.165) is 30.8 Å². The molecule has 0 spiro atoms. The van der Waals surface area contributed by atoms with Crippen molar-refractivity contribution >= 4 is 17.5 Å². The van der Waals surface area contributed by atoms with Crippen molar-refractivity contribution in [1.29, 1.82) is 0 Å². The number of likely N-dealkylation sites (N-methyl/N-ethyl adjacent to an activating group) is 1. The lowest BCUT2D eigenvalue weighted by molar-refractivity contribution is -0.134. The van der Waals surface area contributed by atoms with Crippen LogP contribution < -0.4 is 9.64 Å². The first-order chi connectivity index (χ1) is 14.0. The highest BCUT2D eigenvalue weighted by Crippen LogP contribution is 2.24. The summed E-state index contributed by atoms with van der Waals surface area (Å²) in [5.41, 5.74) is 1.97. The highest BCUT2D eigenvalue weighted by molar-refractivity contribution is 5.95. The van der Waals surface area contributed by atoms with Crippen LogP contribution in [0.25, 0.3) is 0 Å². The largest absolute Gasteiger partial charge is 0.484 e. The highest BCUT2D eigenvalue weighted by Gasteiger charge is 2.21. The van der Waals surface area contributed by atoms with E-state index in [0.29, 0.717) is 25.3 Å². The first kappa shape index (κ1) is 20.9. The summed E-state index contributed by atoms with van der Waals surface area (Å²) in [6, 6.07) is 17.3. The number of nitrogens with zero attached hydrogens (tertiary/aromatic N) is 3. The number of ether oxygens (including phenoxy) is 1. The van der Waals surface area contributed by atoms with Crippen LogP contribution >= 0.6 is 0 Å². The normalized spacial score (nSPS) is 13.8. The topological polar surface area (TPSA) is 53.1 Å². The van der Waals surface area contributed by atoms with Crippen LogP contribution in [0.15, 0.2) is 54.6 Å². The van der Waals surface area contributed by atoms with Gasteiger partial charge in [0.1, 0.15) is 5.75 Å². The van der Waals surface area contributed by atoms with Crippen LogP contribution in [-0.2, 0) is 16.1 Å². The molecule has 2 aromatic rings. The fraction of sp³-hybridized carbons (Fsp3) is 0.391. The molecular formula is C23H29N3O3. The van der Waals surface area contributed by atoms with Gasteiger partial charge in [0.15, 0.2) is 6.61 Å². The predicted molar refractivity (Wildman–Crippen MR) is 114 cm³/mol. The molecule has 1 saturated heterocycles. The second-order valence-corrected chi connectivity index (χ2v) is 7.54. The number of amides is 2. The zero-order valence-electron chi connectivity index (χ0n) is 17.2. The molecule has 0 saturated carbocycles. The Balaban J connectivity index is 1.57. The number of benzene rings is 2. The highest BCUT2D eigenvalue weighted by atomic mass is 16.5. The Morgan fingerprint density at radius 3 is 2.38 bits per heavy atom. The van der Waals surface area contributed by atoms with Crippen LogP contribution in [0.4, 0.5) is 5.69 Å². The van der Waals surface area contributed by atoms with Gasteiger partial charge in [-0.15, -0.1) is 0 Å². The summed E-state index contributed by atoms with van der Waals surface area (Å²) in [6.07, 6.45) is 1.51. The number of hydrogen-bond acceptors (Lipinski definition) is 4. The smallest absolute Gasteiger partial charge is 0.260 e. The van der Waals surface area contributed by atoms with E-state index in [-0.39, 0.29) is 18.4 Å². The molecule has 0 aromatic heterocycles. The Kier molecular flexibility index (Phi) is 7.25. The Labute approximate surface area is 172 Å². The first-order valence-electron chi connectivity index (χ1n) is 10.0. The molecule has 2 amide bonds. The molecule has 1 fully saturated rings. The average molecular weight is 396 g/mol. The minimum atomic E-state index is -0.0468. The van der Waals surface area contributed by atoms with Gasteiger partial charge in [0, 0.05) is 38.3 Å². The zero-order valence-corrected chi connectivity index (χ0v) is 17.2. The Hall–Kier alpha value is -2.86. The van der Waals surface area contributed by atoms with Crippen LogP contribution in [0.2, 0.25) is 0 Å². The quantitative estimate of drug-likeness (QED) is 0.655. The third-order valence-corrected chi connectivity index (χ3v) is 4.97. The molecule has 6 heteroatoms. The SMILES string of the molecule is CN(C)CCN(Cc1ccccc1)C(=O)COc1ccc(N2CCCC2=O)cc1. The van der Waals surface area contributed by atoms with Gasteiger partial charge in [0.2, 0.25) is 5.91 Å². The lowest BCUT2D eigenvalue weighted by Gasteiger charge is -2.24. The summed E-state index contributed by atoms with van der Waals surface area (Å²) in [5.74, 6) is 0.738. The zero-order chi connectivity index (χ0) is 20.6. The summed E-state index contributed by atoms with van der Waals surface area (Å²) in [5, 5.41) is 0. The molecule has 6 nitrogen and oxygen atoms in total. The minimum absolute atomic E-state index is 0.0117. The van der Waals surface area contributed by atoms with Crippen LogP contribution in [-0.4, -0.2) is 62.0 Å². The van der Waals surface area contributed by atoms with Crippen LogP contribution in [0.3, 0.4) is 0 Å². The van der Waals surface area contributed by atoms with Gasteiger partial charge in [-0.2, -0.15) is 0 Å². The lowest BCUT2D eigenvalue weighted by Crippen LogP contribution is -2.38. The van der Waals surface area contributed by atoms with E-state index in [1.165, 1.54) is 0 Å². The van der Waals surface area contributed by atoms with Crippen molar-refractivity contribution in [1.82, 2.24) is 9.80 Å². The molecule has 1 heterocycles. The standard InChI is InChI=1S/C23H29N3O3/c1-24(2)15-16-25(17-19-7-4-3-5-8-19)23(28)18-29-21-12-10-20(11-13-21)26-14-6-9-22(26)27/h3-5,7-8,10-13H,6,9,14-18H2,1-2H3. The molecule has 2 aromatic carbocycles. The minimum Gasteiger partial charge on any atom is -0.484 e. The Bertz CT molecular complexity index is 806. The molecule has 0 N–H and O–H groups in total. The van der Waals surface area contributed by atoms with E-state index < -0.39 is 0 Å². The summed E-state index contributed by atoms with van der Waals surface area (Å²) in [7, 11) is 3.99. The lowest BCUT2D eigenvalue weighted by atomic mass is 10.2. The van der Waals surface area contributed by atoms with Crippen molar-refractivity contribution < 1.29 is 14.3 Å². The molecule has 0 bridgehead atoms. The number of carbonyl (C=O) groups excluding carboxylic acids is 2. The van der Waals surface area contributed by atoms with E-state index in [1.54, 1.807) is 4.90 Å². The summed E-state index contributed by atoms with van der Waals surface area (Å²) in [4.78, 5) is 30.3. The van der Waals surface area contributed by atoms with Gasteiger partial charge in [-0.3, -0.25) is 9.59 Å². The van der Waals surface area contributed by atoms with Gasteiger partial charge >= 0.3 is 0 Å². The molecule has 0 unspecified atom stereocenters. The van der Waals surface area contributed by atoms with Gasteiger partial charge in [-0.1, -0.05) is 30.3 Å². The Morgan fingerprint density at radius 1 is 1.03 bits per heavy atom. The second-order valence-electron chi connectivity index (χ2n) is 7.54. The molecule has 1 aliphatic heterocycles. The molecule has 0 atom stereocenters. The Morgan fingerprint density at radius 2 is 1.76 bits per heavy atom. The van der Waals surface area contributed by atoms with E-state index >= 15 is 0 Å². The van der Waals surface area contributed by atoms with Gasteiger partial charge in [-0.05, 0) is 50.3 Å². The third-order valence-electron chi connectivity index (χ3n) is 4.97. The van der Waals surface area contributed by atoms with Crippen LogP contribution in [0.1, 0.15) is 18.4 Å². The van der Waals surface area contributed by atoms with Gasteiger partial charge in [0.25, 0.3) is 5.91 Å². The maximum Gasteiger partial charge on any atom is 0.260 e. The number of carbonyl (C=O) groups is 2. The predicted octanol–water partition coefficient (Wildman–Crippen LogP) is 2.78. The summed E-state index contributed by atoms with van der Waals surface area (Å²) < 4.78 is 5.73. The van der Waals surface area contributed by atoms with Crippen LogP contribution in [0, 0.1) is 0 Å². The van der Waals surface area contributed by atoms with Crippen molar-refractivity contribution in [3.63, 3.8) is 0 Å². The van der Waals surface area contributed by atoms with Gasteiger partial charge in [-0.25, -0.2) is 0 Å². The molecule has 0 radical (unpaired) electrons. The molecule has 1 aliphatic rings. The monoisotopic (exact) mass is 395 g/mol. The fourth-order valence-electron chi connectivity index (χ4n) is 3.30. The molecular weight excluding hydrogens is 366 g/mol. The van der Waals surface area contributed by atoms with Crippen molar-refractivity contribution in [3.05, 3.63) is 60.2 Å².